The Morgan fingerprint density at radius 2 is 2.05 bits per heavy atom. The molecule has 0 radical (unpaired) electrons. The van der Waals surface area contributed by atoms with Crippen LogP contribution in [0.3, 0.4) is 0 Å². The highest BCUT2D eigenvalue weighted by atomic mass is 19.1. The number of likely N-dealkylation sites (N-methyl/N-ethyl adjacent to an activating group) is 1. The number of anilines is 1. The zero-order chi connectivity index (χ0) is 15.1. The molecule has 0 spiro atoms. The Labute approximate surface area is 120 Å². The second-order valence-electron chi connectivity index (χ2n) is 5.55. The van der Waals surface area contributed by atoms with Gasteiger partial charge in [-0.3, -0.25) is 4.79 Å². The van der Waals surface area contributed by atoms with Crippen molar-refractivity contribution in [3.63, 3.8) is 0 Å². The summed E-state index contributed by atoms with van der Waals surface area (Å²) >= 11 is 0. The van der Waals surface area contributed by atoms with E-state index in [0.717, 1.165) is 6.54 Å². The van der Waals surface area contributed by atoms with Gasteiger partial charge in [-0.1, -0.05) is 19.9 Å². The normalized spacial score (nSPS) is 12.8. The smallest absolute Gasteiger partial charge is 0.238 e. The summed E-state index contributed by atoms with van der Waals surface area (Å²) in [5, 5.41) is 5.91. The van der Waals surface area contributed by atoms with Crippen LogP contribution in [0.25, 0.3) is 0 Å². The molecule has 1 aromatic rings. The third kappa shape index (κ3) is 6.12. The molecular weight excluding hydrogens is 257 g/mol. The van der Waals surface area contributed by atoms with Gasteiger partial charge in [0.25, 0.3) is 0 Å². The van der Waals surface area contributed by atoms with E-state index in [0.29, 0.717) is 11.6 Å². The summed E-state index contributed by atoms with van der Waals surface area (Å²) in [5.74, 6) is -0.0946. The van der Waals surface area contributed by atoms with Crippen LogP contribution in [-0.4, -0.2) is 44.0 Å². The lowest BCUT2D eigenvalue weighted by Gasteiger charge is -2.25. The molecule has 1 unspecified atom stereocenters. The molecule has 0 saturated heterocycles. The third-order valence-electron chi connectivity index (χ3n) is 3.00. The van der Waals surface area contributed by atoms with Gasteiger partial charge in [-0.25, -0.2) is 4.39 Å². The van der Waals surface area contributed by atoms with Crippen LogP contribution in [0.5, 0.6) is 0 Å². The first kappa shape index (κ1) is 16.6. The summed E-state index contributed by atoms with van der Waals surface area (Å²) in [4.78, 5) is 13.9. The number of benzene rings is 1. The first-order valence-electron chi connectivity index (χ1n) is 6.82. The molecule has 0 aliphatic heterocycles. The number of rotatable bonds is 7. The molecule has 1 aromatic carbocycles. The minimum Gasteiger partial charge on any atom is -0.325 e. The minimum atomic E-state index is -0.358. The van der Waals surface area contributed by atoms with Gasteiger partial charge in [-0.05, 0) is 38.2 Å². The highest BCUT2D eigenvalue weighted by Gasteiger charge is 2.15. The molecule has 0 bridgehead atoms. The number of carbonyl (C=O) groups is 1. The standard InChI is InChI=1S/C15H24FN3O/c1-11(2)14(10-19(3)4)17-9-15(20)18-13-7-5-6-12(16)8-13/h5-8,11,14,17H,9-10H2,1-4H3,(H,18,20). The van der Waals surface area contributed by atoms with E-state index in [2.05, 4.69) is 29.4 Å². The van der Waals surface area contributed by atoms with Crippen LogP contribution in [0.2, 0.25) is 0 Å². The molecular formula is C15H24FN3O. The molecule has 0 aromatic heterocycles. The maximum Gasteiger partial charge on any atom is 0.238 e. The Bertz CT molecular complexity index is 435. The molecule has 1 rings (SSSR count). The second-order valence-corrected chi connectivity index (χ2v) is 5.55. The second kappa shape index (κ2) is 7.97. The summed E-state index contributed by atoms with van der Waals surface area (Å²) in [7, 11) is 4.01. The maximum atomic E-state index is 13.0. The van der Waals surface area contributed by atoms with Gasteiger partial charge < -0.3 is 15.5 Å². The van der Waals surface area contributed by atoms with Gasteiger partial charge in [0.1, 0.15) is 5.82 Å². The maximum absolute atomic E-state index is 13.0. The number of nitrogens with one attached hydrogen (secondary N) is 2. The zero-order valence-electron chi connectivity index (χ0n) is 12.6. The lowest BCUT2D eigenvalue weighted by atomic mass is 10.0. The van der Waals surface area contributed by atoms with Crippen molar-refractivity contribution in [1.29, 1.82) is 0 Å². The van der Waals surface area contributed by atoms with Crippen molar-refractivity contribution >= 4 is 11.6 Å². The van der Waals surface area contributed by atoms with Crippen LogP contribution < -0.4 is 10.6 Å². The predicted molar refractivity (Wildman–Crippen MR) is 80.2 cm³/mol. The first-order chi connectivity index (χ1) is 9.38. The van der Waals surface area contributed by atoms with Gasteiger partial charge in [-0.15, -0.1) is 0 Å². The zero-order valence-corrected chi connectivity index (χ0v) is 12.6. The first-order valence-corrected chi connectivity index (χ1v) is 6.82. The number of amides is 1. The fourth-order valence-corrected chi connectivity index (χ4v) is 1.90. The Morgan fingerprint density at radius 1 is 1.35 bits per heavy atom. The van der Waals surface area contributed by atoms with E-state index in [1.54, 1.807) is 12.1 Å². The van der Waals surface area contributed by atoms with Gasteiger partial charge in [0.15, 0.2) is 0 Å². The van der Waals surface area contributed by atoms with Gasteiger partial charge >= 0.3 is 0 Å². The van der Waals surface area contributed by atoms with Crippen molar-refractivity contribution in [2.45, 2.75) is 19.9 Å². The van der Waals surface area contributed by atoms with E-state index in [1.807, 2.05) is 14.1 Å². The Kier molecular flexibility index (Phi) is 6.61. The van der Waals surface area contributed by atoms with Crippen molar-refractivity contribution in [3.05, 3.63) is 30.1 Å². The monoisotopic (exact) mass is 281 g/mol. The highest BCUT2D eigenvalue weighted by Crippen LogP contribution is 2.08. The summed E-state index contributed by atoms with van der Waals surface area (Å²) in [6.45, 7) is 5.31. The van der Waals surface area contributed by atoms with E-state index >= 15 is 0 Å². The van der Waals surface area contributed by atoms with Crippen molar-refractivity contribution in [2.24, 2.45) is 5.92 Å². The largest absolute Gasteiger partial charge is 0.325 e. The van der Waals surface area contributed by atoms with Crippen LogP contribution in [0.15, 0.2) is 24.3 Å². The average molecular weight is 281 g/mol. The number of halogens is 1. The lowest BCUT2D eigenvalue weighted by Crippen LogP contribution is -2.45. The SMILES string of the molecule is CC(C)C(CN(C)C)NCC(=O)Nc1cccc(F)c1. The minimum absolute atomic E-state index is 0.167. The third-order valence-corrected chi connectivity index (χ3v) is 3.00. The molecule has 0 aliphatic carbocycles. The predicted octanol–water partition coefficient (Wildman–Crippen LogP) is 1.94. The van der Waals surface area contributed by atoms with Crippen LogP contribution in [0.1, 0.15) is 13.8 Å². The summed E-state index contributed by atoms with van der Waals surface area (Å²) in [6.07, 6.45) is 0. The van der Waals surface area contributed by atoms with Crippen LogP contribution in [0, 0.1) is 11.7 Å². The Hall–Kier alpha value is -1.46. The van der Waals surface area contributed by atoms with E-state index in [9.17, 15) is 9.18 Å². The van der Waals surface area contributed by atoms with Crippen molar-refractivity contribution in [3.8, 4) is 0 Å². The van der Waals surface area contributed by atoms with E-state index in [-0.39, 0.29) is 24.3 Å². The molecule has 1 atom stereocenters. The molecule has 20 heavy (non-hydrogen) atoms. The Balaban J connectivity index is 2.45. The van der Waals surface area contributed by atoms with Gasteiger partial charge in [0, 0.05) is 18.3 Å². The molecule has 0 saturated carbocycles. The molecule has 4 nitrogen and oxygen atoms in total. The molecule has 1 amide bonds. The van der Waals surface area contributed by atoms with Crippen molar-refractivity contribution in [2.75, 3.05) is 32.5 Å². The highest BCUT2D eigenvalue weighted by molar-refractivity contribution is 5.92. The molecule has 112 valence electrons. The molecule has 2 N–H and O–H groups in total. The quantitative estimate of drug-likeness (QED) is 0.803. The summed E-state index contributed by atoms with van der Waals surface area (Å²) in [5.41, 5.74) is 0.477. The number of carbonyl (C=O) groups excluding carboxylic acids is 1. The van der Waals surface area contributed by atoms with Gasteiger partial charge in [0.05, 0.1) is 6.54 Å². The molecule has 0 fully saturated rings. The molecule has 0 aliphatic rings. The Morgan fingerprint density at radius 3 is 2.60 bits per heavy atom. The lowest BCUT2D eigenvalue weighted by molar-refractivity contribution is -0.115. The van der Waals surface area contributed by atoms with Crippen molar-refractivity contribution < 1.29 is 9.18 Å². The summed E-state index contributed by atoms with van der Waals surface area (Å²) in [6, 6.07) is 6.13. The van der Waals surface area contributed by atoms with Crippen molar-refractivity contribution in [1.82, 2.24) is 10.2 Å². The number of nitrogens with zero attached hydrogens (tertiary/aromatic N) is 1. The molecule has 0 heterocycles. The van der Waals surface area contributed by atoms with Crippen LogP contribution in [-0.2, 0) is 4.79 Å². The van der Waals surface area contributed by atoms with Crippen LogP contribution in [0.4, 0.5) is 10.1 Å². The van der Waals surface area contributed by atoms with E-state index < -0.39 is 0 Å². The van der Waals surface area contributed by atoms with E-state index in [4.69, 9.17) is 0 Å². The summed E-state index contributed by atoms with van der Waals surface area (Å²) < 4.78 is 13.0. The fraction of sp³-hybridized carbons (Fsp3) is 0.533. The number of hydrogen-bond acceptors (Lipinski definition) is 3. The molecule has 5 heteroatoms. The fourth-order valence-electron chi connectivity index (χ4n) is 1.90. The van der Waals surface area contributed by atoms with Gasteiger partial charge in [-0.2, -0.15) is 0 Å². The van der Waals surface area contributed by atoms with Crippen LogP contribution >= 0.6 is 0 Å². The average Bonchev–Trinajstić information content (AvgIpc) is 2.33. The number of hydrogen-bond donors (Lipinski definition) is 2. The van der Waals surface area contributed by atoms with Gasteiger partial charge in [0.2, 0.25) is 5.91 Å². The topological polar surface area (TPSA) is 44.4 Å². The van der Waals surface area contributed by atoms with E-state index in [1.165, 1.54) is 12.1 Å².